The van der Waals surface area contributed by atoms with E-state index in [0.717, 1.165) is 43.8 Å². The molecule has 1 aromatic heterocycles. The molecule has 2 bridgehead atoms. The van der Waals surface area contributed by atoms with Gasteiger partial charge in [-0.1, -0.05) is 74.1 Å². The third-order valence-electron chi connectivity index (χ3n) is 6.81. The molecule has 0 aliphatic heterocycles. The highest BCUT2D eigenvalue weighted by Crippen LogP contribution is 2.55. The SMILES string of the molecule is COCc1ccccc1-c1c(C#C[Si](C)(C)C)c2c(c3c1C1C=CC3C=C1)-c1ccsc1C2=O. The molecule has 0 saturated carbocycles. The molecule has 0 fully saturated rings. The van der Waals surface area contributed by atoms with Crippen LogP contribution in [0.15, 0.2) is 60.0 Å². The van der Waals surface area contributed by atoms with E-state index in [9.17, 15) is 4.79 Å². The molecule has 1 heterocycles. The number of ketones is 1. The number of allylic oxidation sites excluding steroid dienone is 4. The largest absolute Gasteiger partial charge is 0.380 e. The first-order chi connectivity index (χ1) is 16.4. The molecule has 2 nitrogen and oxygen atoms in total. The Balaban J connectivity index is 1.79. The number of ether oxygens (including phenoxy) is 1. The van der Waals surface area contributed by atoms with Gasteiger partial charge in [-0.15, -0.1) is 16.9 Å². The Morgan fingerprint density at radius 2 is 1.59 bits per heavy atom. The van der Waals surface area contributed by atoms with Crippen molar-refractivity contribution in [2.75, 3.05) is 7.11 Å². The van der Waals surface area contributed by atoms with Gasteiger partial charge >= 0.3 is 0 Å². The molecule has 34 heavy (non-hydrogen) atoms. The van der Waals surface area contributed by atoms with Crippen LogP contribution in [-0.2, 0) is 11.3 Å². The number of fused-ring (bicyclic) bond motifs is 3. The van der Waals surface area contributed by atoms with E-state index in [1.165, 1.54) is 11.1 Å². The van der Waals surface area contributed by atoms with E-state index in [4.69, 9.17) is 4.74 Å². The van der Waals surface area contributed by atoms with Crippen LogP contribution in [-0.4, -0.2) is 21.0 Å². The van der Waals surface area contributed by atoms with E-state index >= 15 is 0 Å². The standard InChI is InChI=1S/C30H26O2SSi/c1-32-17-20-7-5-6-8-21(20)26-22(14-16-34(2,3)4)28-27(23-13-15-33-30(23)29(28)31)25-19-11-9-18(10-12-19)24(25)26/h5-13,15,18-19H,17H2,1-4H3. The maximum Gasteiger partial charge on any atom is 0.205 e. The Morgan fingerprint density at radius 1 is 0.912 bits per heavy atom. The lowest BCUT2D eigenvalue weighted by Crippen LogP contribution is -2.19. The average Bonchev–Trinajstić information content (AvgIpc) is 3.41. The number of hydrogen-bond acceptors (Lipinski definition) is 3. The third kappa shape index (κ3) is 3.15. The molecule has 4 heteroatoms. The molecular weight excluding hydrogens is 452 g/mol. The van der Waals surface area contributed by atoms with Crippen molar-refractivity contribution in [3.05, 3.63) is 92.7 Å². The summed E-state index contributed by atoms with van der Waals surface area (Å²) in [7, 11) is 0.0464. The van der Waals surface area contributed by atoms with Gasteiger partial charge in [0, 0.05) is 46.8 Å². The van der Waals surface area contributed by atoms with Crippen molar-refractivity contribution in [1.82, 2.24) is 0 Å². The van der Waals surface area contributed by atoms with Crippen LogP contribution in [0.5, 0.6) is 0 Å². The summed E-state index contributed by atoms with van der Waals surface area (Å²) >= 11 is 1.55. The summed E-state index contributed by atoms with van der Waals surface area (Å²) in [5, 5.41) is 2.04. The fourth-order valence-electron chi connectivity index (χ4n) is 5.48. The van der Waals surface area contributed by atoms with Gasteiger partial charge in [-0.2, -0.15) is 0 Å². The number of carbonyl (C=O) groups excluding carboxylic acids is 1. The fraction of sp³-hybridized carbons (Fsp3) is 0.233. The number of methoxy groups -OCH3 is 1. The summed E-state index contributed by atoms with van der Waals surface area (Å²) in [5.74, 6) is 4.08. The van der Waals surface area contributed by atoms with Crippen molar-refractivity contribution in [3.8, 4) is 33.7 Å². The maximum atomic E-state index is 13.9. The Morgan fingerprint density at radius 3 is 2.26 bits per heavy atom. The summed E-state index contributed by atoms with van der Waals surface area (Å²) in [5.41, 5.74) is 13.5. The second-order valence-electron chi connectivity index (χ2n) is 10.2. The summed E-state index contributed by atoms with van der Waals surface area (Å²) in [6.45, 7) is 7.28. The van der Waals surface area contributed by atoms with E-state index in [1.54, 1.807) is 18.4 Å². The molecule has 168 valence electrons. The van der Waals surface area contributed by atoms with Gasteiger partial charge in [-0.3, -0.25) is 4.79 Å². The lowest BCUT2D eigenvalue weighted by Gasteiger charge is -2.34. The van der Waals surface area contributed by atoms with E-state index in [1.807, 2.05) is 5.38 Å². The molecule has 4 aliphatic rings. The minimum Gasteiger partial charge on any atom is -0.380 e. The molecule has 0 amide bonds. The summed E-state index contributed by atoms with van der Waals surface area (Å²) in [4.78, 5) is 14.7. The zero-order valence-corrected chi connectivity index (χ0v) is 21.7. The number of rotatable bonds is 3. The number of thiophene rings is 1. The Hall–Kier alpha value is -2.97. The van der Waals surface area contributed by atoms with Gasteiger partial charge < -0.3 is 4.74 Å². The quantitative estimate of drug-likeness (QED) is 0.175. The van der Waals surface area contributed by atoms with Crippen molar-refractivity contribution in [2.24, 2.45) is 0 Å². The number of hydrogen-bond donors (Lipinski definition) is 0. The Bertz CT molecular complexity index is 1470. The fourth-order valence-corrected chi connectivity index (χ4v) is 6.82. The lowest BCUT2D eigenvalue weighted by atomic mass is 9.68. The minimum atomic E-state index is -1.69. The molecule has 0 unspecified atom stereocenters. The van der Waals surface area contributed by atoms with E-state index < -0.39 is 8.07 Å². The first kappa shape index (κ1) is 21.6. The van der Waals surface area contributed by atoms with Crippen LogP contribution in [0.4, 0.5) is 0 Å². The molecule has 0 radical (unpaired) electrons. The van der Waals surface area contributed by atoms with Gasteiger partial charge in [0.1, 0.15) is 8.07 Å². The zero-order valence-electron chi connectivity index (χ0n) is 19.9. The first-order valence-corrected chi connectivity index (χ1v) is 16.1. The third-order valence-corrected chi connectivity index (χ3v) is 8.60. The van der Waals surface area contributed by atoms with E-state index in [0.29, 0.717) is 6.61 Å². The smallest absolute Gasteiger partial charge is 0.205 e. The second kappa shape index (κ2) is 7.78. The van der Waals surface area contributed by atoms with Crippen LogP contribution in [0.2, 0.25) is 19.6 Å². The second-order valence-corrected chi connectivity index (χ2v) is 15.9. The van der Waals surface area contributed by atoms with Crippen LogP contribution in [0.3, 0.4) is 0 Å². The van der Waals surface area contributed by atoms with Gasteiger partial charge in [0.05, 0.1) is 11.5 Å². The average molecular weight is 479 g/mol. The normalized spacial score (nSPS) is 19.0. The molecule has 0 N–H and O–H groups in total. The van der Waals surface area contributed by atoms with Crippen LogP contribution >= 0.6 is 11.3 Å². The minimum absolute atomic E-state index is 0.127. The van der Waals surface area contributed by atoms with Gasteiger partial charge in [0.25, 0.3) is 0 Å². The van der Waals surface area contributed by atoms with Crippen LogP contribution in [0, 0.1) is 11.5 Å². The number of carbonyl (C=O) groups is 1. The molecule has 4 aliphatic carbocycles. The summed E-state index contributed by atoms with van der Waals surface area (Å²) < 4.78 is 5.58. The Labute approximate surface area is 206 Å². The van der Waals surface area contributed by atoms with E-state index in [2.05, 4.69) is 85.7 Å². The van der Waals surface area contributed by atoms with Crippen molar-refractivity contribution in [1.29, 1.82) is 0 Å². The number of benzene rings is 2. The van der Waals surface area contributed by atoms with Gasteiger partial charge in [-0.05, 0) is 33.7 Å². The predicted octanol–water partition coefficient (Wildman–Crippen LogP) is 7.31. The van der Waals surface area contributed by atoms with Gasteiger partial charge in [-0.25, -0.2) is 0 Å². The van der Waals surface area contributed by atoms with E-state index in [-0.39, 0.29) is 17.6 Å². The molecular formula is C30H26O2SSi. The van der Waals surface area contributed by atoms with Crippen molar-refractivity contribution >= 4 is 25.2 Å². The molecule has 0 saturated heterocycles. The molecule has 2 aromatic carbocycles. The molecule has 3 aromatic rings. The summed E-state index contributed by atoms with van der Waals surface area (Å²) in [6.07, 6.45) is 9.20. The lowest BCUT2D eigenvalue weighted by molar-refractivity contribution is 0.104. The van der Waals surface area contributed by atoms with Crippen LogP contribution in [0.25, 0.3) is 22.3 Å². The predicted molar refractivity (Wildman–Crippen MR) is 143 cm³/mol. The highest BCUT2D eigenvalue weighted by molar-refractivity contribution is 7.13. The van der Waals surface area contributed by atoms with Crippen molar-refractivity contribution in [2.45, 2.75) is 38.1 Å². The summed E-state index contributed by atoms with van der Waals surface area (Å²) in [6, 6.07) is 10.5. The Kier molecular flexibility index (Phi) is 4.93. The van der Waals surface area contributed by atoms with Crippen LogP contribution in [0.1, 0.15) is 49.3 Å². The zero-order chi connectivity index (χ0) is 23.6. The highest BCUT2D eigenvalue weighted by Gasteiger charge is 2.41. The molecule has 7 rings (SSSR count). The van der Waals surface area contributed by atoms with Gasteiger partial charge in [0.15, 0.2) is 0 Å². The highest BCUT2D eigenvalue weighted by atomic mass is 32.1. The molecule has 0 spiro atoms. The van der Waals surface area contributed by atoms with Gasteiger partial charge in [0.2, 0.25) is 5.78 Å². The van der Waals surface area contributed by atoms with Crippen molar-refractivity contribution < 1.29 is 9.53 Å². The van der Waals surface area contributed by atoms with Crippen LogP contribution < -0.4 is 0 Å². The topological polar surface area (TPSA) is 26.3 Å². The monoisotopic (exact) mass is 478 g/mol. The maximum absolute atomic E-state index is 13.9. The van der Waals surface area contributed by atoms with Crippen molar-refractivity contribution in [3.63, 3.8) is 0 Å². The first-order valence-electron chi connectivity index (χ1n) is 11.7. The molecule has 0 atom stereocenters.